The zero-order chi connectivity index (χ0) is 43.0. The van der Waals surface area contributed by atoms with Gasteiger partial charge in [0.25, 0.3) is 0 Å². The zero-order valence-electron chi connectivity index (χ0n) is 38.2. The van der Waals surface area contributed by atoms with Crippen LogP contribution in [-0.2, 0) is 32.8 Å². The topological polar surface area (TPSA) is 53.1 Å². The molecular weight excluding hydrogens is 751 g/mol. The second-order valence-corrected chi connectivity index (χ2v) is 16.1. The lowest BCUT2D eigenvalue weighted by Crippen LogP contribution is -2.36. The molecular formula is C54H77N5O2. The first-order chi connectivity index (χ1) is 30.1. The Morgan fingerprint density at radius 2 is 0.885 bits per heavy atom. The van der Waals surface area contributed by atoms with E-state index in [9.17, 15) is 0 Å². The van der Waals surface area contributed by atoms with Crippen LogP contribution in [0.2, 0.25) is 0 Å². The van der Waals surface area contributed by atoms with Gasteiger partial charge in [0.2, 0.25) is 0 Å². The summed E-state index contributed by atoms with van der Waals surface area (Å²) in [6, 6.07) is 43.8. The molecule has 1 aromatic heterocycles. The predicted molar refractivity (Wildman–Crippen MR) is 257 cm³/mol. The molecule has 7 heteroatoms. The molecule has 1 N–H and O–H groups in total. The van der Waals surface area contributed by atoms with E-state index in [4.69, 9.17) is 9.47 Å². The molecule has 4 aromatic carbocycles. The Labute approximate surface area is 370 Å². The minimum absolute atomic E-state index is 0.595. The van der Waals surface area contributed by atoms with Crippen molar-refractivity contribution in [3.63, 3.8) is 0 Å². The number of ether oxygens (including phenoxy) is 2. The first kappa shape index (κ1) is 49.1. The van der Waals surface area contributed by atoms with Gasteiger partial charge in [0.15, 0.2) is 0 Å². The van der Waals surface area contributed by atoms with Crippen LogP contribution in [0.1, 0.15) is 107 Å². The van der Waals surface area contributed by atoms with Crippen molar-refractivity contribution in [1.82, 2.24) is 25.0 Å². The molecule has 0 radical (unpaired) electrons. The van der Waals surface area contributed by atoms with E-state index in [0.717, 1.165) is 63.0 Å². The fraction of sp³-hybridized carbons (Fsp3) is 0.463. The molecule has 0 bridgehead atoms. The van der Waals surface area contributed by atoms with Gasteiger partial charge in [-0.05, 0) is 111 Å². The molecule has 330 valence electrons. The van der Waals surface area contributed by atoms with Crippen molar-refractivity contribution in [1.29, 1.82) is 0 Å². The number of unbranched alkanes of at least 4 members (excludes halogenated alkanes) is 4. The number of pyridine rings is 1. The van der Waals surface area contributed by atoms with Crippen LogP contribution in [0.5, 0.6) is 11.5 Å². The third-order valence-electron chi connectivity index (χ3n) is 10.8. The highest BCUT2D eigenvalue weighted by molar-refractivity contribution is 5.29. The van der Waals surface area contributed by atoms with Gasteiger partial charge in [-0.25, -0.2) is 0 Å². The van der Waals surface area contributed by atoms with Gasteiger partial charge in [0.05, 0.1) is 5.69 Å². The lowest BCUT2D eigenvalue weighted by Gasteiger charge is -2.28. The fourth-order valence-corrected chi connectivity index (χ4v) is 7.02. The highest BCUT2D eigenvalue weighted by atomic mass is 16.5. The van der Waals surface area contributed by atoms with Crippen LogP contribution in [-0.4, -0.2) is 72.0 Å². The van der Waals surface area contributed by atoms with E-state index in [1.54, 1.807) is 0 Å². The summed E-state index contributed by atoms with van der Waals surface area (Å²) in [4.78, 5) is 12.3. The summed E-state index contributed by atoms with van der Waals surface area (Å²) < 4.78 is 11.8. The Morgan fingerprint density at radius 1 is 0.426 bits per heavy atom. The highest BCUT2D eigenvalue weighted by Gasteiger charge is 2.12. The van der Waals surface area contributed by atoms with Crippen LogP contribution < -0.4 is 14.8 Å². The first-order valence-electron chi connectivity index (χ1n) is 23.4. The van der Waals surface area contributed by atoms with Crippen LogP contribution >= 0.6 is 0 Å². The van der Waals surface area contributed by atoms with Gasteiger partial charge in [-0.2, -0.15) is 0 Å². The number of hydrogen-bond acceptors (Lipinski definition) is 7. The monoisotopic (exact) mass is 828 g/mol. The average Bonchev–Trinajstić information content (AvgIpc) is 3.31. The molecule has 0 unspecified atom stereocenters. The molecule has 0 atom stereocenters. The van der Waals surface area contributed by atoms with E-state index in [-0.39, 0.29) is 0 Å². The minimum Gasteiger partial charge on any atom is -0.489 e. The van der Waals surface area contributed by atoms with Crippen LogP contribution in [0.4, 0.5) is 0 Å². The second-order valence-electron chi connectivity index (χ2n) is 16.1. The maximum Gasteiger partial charge on any atom is 0.119 e. The number of hydrogen-bond donors (Lipinski definition) is 1. The fourth-order valence-electron chi connectivity index (χ4n) is 7.02. The van der Waals surface area contributed by atoms with Crippen LogP contribution in [0.3, 0.4) is 0 Å². The van der Waals surface area contributed by atoms with Crippen molar-refractivity contribution in [3.8, 4) is 11.5 Å². The molecule has 7 nitrogen and oxygen atoms in total. The third-order valence-corrected chi connectivity index (χ3v) is 10.8. The van der Waals surface area contributed by atoms with Crippen molar-refractivity contribution in [2.24, 2.45) is 0 Å². The molecule has 5 aromatic rings. The molecule has 1 heterocycles. The van der Waals surface area contributed by atoms with Crippen molar-refractivity contribution >= 4 is 0 Å². The Balaban J connectivity index is 0.000000276. The Morgan fingerprint density at radius 3 is 1.36 bits per heavy atom. The van der Waals surface area contributed by atoms with Crippen LogP contribution in [0, 0.1) is 0 Å². The van der Waals surface area contributed by atoms with Crippen LogP contribution in [0.25, 0.3) is 0 Å². The van der Waals surface area contributed by atoms with Gasteiger partial charge in [-0.15, -0.1) is 0 Å². The second kappa shape index (κ2) is 31.3. The summed E-state index contributed by atoms with van der Waals surface area (Å²) in [6.45, 7) is 22.1. The third kappa shape index (κ3) is 21.7. The Hall–Kier alpha value is -4.53. The van der Waals surface area contributed by atoms with E-state index in [1.807, 2.05) is 48.7 Å². The Kier molecular flexibility index (Phi) is 25.2. The van der Waals surface area contributed by atoms with Gasteiger partial charge in [0, 0.05) is 52.0 Å². The maximum absolute atomic E-state index is 5.97. The summed E-state index contributed by atoms with van der Waals surface area (Å²) in [7, 11) is 0. The van der Waals surface area contributed by atoms with E-state index >= 15 is 0 Å². The first-order valence-corrected chi connectivity index (χ1v) is 23.4. The summed E-state index contributed by atoms with van der Waals surface area (Å²) in [5.41, 5.74) is 6.11. The van der Waals surface area contributed by atoms with Gasteiger partial charge < -0.3 is 24.6 Å². The highest BCUT2D eigenvalue weighted by Crippen LogP contribution is 2.17. The normalized spacial score (nSPS) is 11.2. The molecule has 0 saturated carbocycles. The summed E-state index contributed by atoms with van der Waals surface area (Å²) in [5.74, 6) is 1.84. The molecule has 0 aliphatic rings. The van der Waals surface area contributed by atoms with Crippen molar-refractivity contribution in [2.45, 2.75) is 112 Å². The number of nitrogens with one attached hydrogen (secondary N) is 1. The van der Waals surface area contributed by atoms with Gasteiger partial charge in [-0.1, -0.05) is 144 Å². The molecule has 0 fully saturated rings. The van der Waals surface area contributed by atoms with Crippen molar-refractivity contribution < 1.29 is 9.47 Å². The number of rotatable bonds is 30. The minimum atomic E-state index is 0.595. The quantitative estimate of drug-likeness (QED) is 0.0463. The maximum atomic E-state index is 5.97. The average molecular weight is 828 g/mol. The van der Waals surface area contributed by atoms with Crippen LogP contribution in [0.15, 0.2) is 134 Å². The largest absolute Gasteiger partial charge is 0.489 e. The smallest absolute Gasteiger partial charge is 0.119 e. The summed E-state index contributed by atoms with van der Waals surface area (Å²) in [6.07, 6.45) is 12.1. The lowest BCUT2D eigenvalue weighted by atomic mass is 10.2. The van der Waals surface area contributed by atoms with Crippen molar-refractivity contribution in [3.05, 3.63) is 162 Å². The number of nitrogens with zero attached hydrogens (tertiary/aromatic N) is 4. The predicted octanol–water partition coefficient (Wildman–Crippen LogP) is 11.8. The lowest BCUT2D eigenvalue weighted by molar-refractivity contribution is 0.188. The molecule has 0 spiro atoms. The number of benzene rings is 4. The van der Waals surface area contributed by atoms with E-state index in [0.29, 0.717) is 13.2 Å². The van der Waals surface area contributed by atoms with Gasteiger partial charge in [0.1, 0.15) is 24.7 Å². The SMILES string of the molecule is CCCCN(CCCC)CCN(Cc1ccc(OCc2ccccc2)cc1)Cc1ccccn1.CCCCN(CCCC)CCNCc1ccc(OCc2ccccc2)cc1. The number of aromatic nitrogens is 1. The van der Waals surface area contributed by atoms with Crippen molar-refractivity contribution in [2.75, 3.05) is 52.4 Å². The standard InChI is InChI=1S/C30H41N3O.C24H36N2O/c1-3-5-20-32(21-6-4-2)22-23-33(25-29-14-10-11-19-31-29)24-27-15-17-30(18-16-27)34-26-28-12-8-7-9-13-28;1-3-5-17-26(18-6-4-2)19-16-25-20-22-12-14-24(15-13-22)27-21-23-10-8-7-9-11-23/h7-19H,3-6,20-26H2,1-2H3;7-15,25H,3-6,16-21H2,1-2H3. The van der Waals surface area contributed by atoms with Gasteiger partial charge in [-0.3, -0.25) is 9.88 Å². The van der Waals surface area contributed by atoms with E-state index in [1.165, 1.54) is 99.8 Å². The molecule has 0 aliphatic carbocycles. The van der Waals surface area contributed by atoms with E-state index in [2.05, 4.69) is 138 Å². The molecule has 0 saturated heterocycles. The molecule has 0 amide bonds. The zero-order valence-corrected chi connectivity index (χ0v) is 38.2. The van der Waals surface area contributed by atoms with Gasteiger partial charge >= 0.3 is 0 Å². The van der Waals surface area contributed by atoms with E-state index < -0.39 is 0 Å². The summed E-state index contributed by atoms with van der Waals surface area (Å²) >= 11 is 0. The molecule has 5 rings (SSSR count). The summed E-state index contributed by atoms with van der Waals surface area (Å²) in [5, 5.41) is 3.58. The Bertz CT molecular complexity index is 1740. The molecule has 61 heavy (non-hydrogen) atoms. The molecule has 0 aliphatic heterocycles.